The Morgan fingerprint density at radius 1 is 0.935 bits per heavy atom. The van der Waals surface area contributed by atoms with Crippen molar-refractivity contribution >= 4 is 34.8 Å². The van der Waals surface area contributed by atoms with Gasteiger partial charge in [-0.05, 0) is 49.4 Å². The van der Waals surface area contributed by atoms with Crippen LogP contribution in [-0.2, 0) is 4.79 Å². The van der Waals surface area contributed by atoms with Gasteiger partial charge in [-0.25, -0.2) is 0 Å². The molecule has 1 amide bonds. The minimum atomic E-state index is -0.704. The lowest BCUT2D eigenvalue weighted by Crippen LogP contribution is -2.30. The maximum atomic E-state index is 12.7. The minimum Gasteiger partial charge on any atom is -0.481 e. The standard InChI is InChI=1S/C23H17Cl2N3O3/c1-14(30-16-7-3-2-4-8-16)21(29)26-20-10-6-5-9-17(20)23-28-27-22(31-23)15-11-12-18(24)19(25)13-15/h2-14H,1H3,(H,26,29)/t14-/m0/s1. The highest BCUT2D eigenvalue weighted by molar-refractivity contribution is 6.42. The van der Waals surface area contributed by atoms with Crippen molar-refractivity contribution in [2.45, 2.75) is 13.0 Å². The number of hydrogen-bond donors (Lipinski definition) is 1. The fraction of sp³-hybridized carbons (Fsp3) is 0.0870. The van der Waals surface area contributed by atoms with Gasteiger partial charge in [-0.3, -0.25) is 4.79 Å². The van der Waals surface area contributed by atoms with Crippen molar-refractivity contribution in [2.75, 3.05) is 5.32 Å². The van der Waals surface area contributed by atoms with Gasteiger partial charge in [-0.2, -0.15) is 0 Å². The zero-order valence-corrected chi connectivity index (χ0v) is 17.9. The Kier molecular flexibility index (Phi) is 6.21. The summed E-state index contributed by atoms with van der Waals surface area (Å²) in [6.07, 6.45) is -0.704. The maximum Gasteiger partial charge on any atom is 0.265 e. The predicted octanol–water partition coefficient (Wildman–Crippen LogP) is 6.12. The first-order valence-electron chi connectivity index (χ1n) is 9.42. The summed E-state index contributed by atoms with van der Waals surface area (Å²) in [7, 11) is 0. The van der Waals surface area contributed by atoms with E-state index in [0.29, 0.717) is 32.6 Å². The van der Waals surface area contributed by atoms with Crippen molar-refractivity contribution in [3.63, 3.8) is 0 Å². The monoisotopic (exact) mass is 453 g/mol. The van der Waals surface area contributed by atoms with Crippen molar-refractivity contribution in [1.29, 1.82) is 0 Å². The predicted molar refractivity (Wildman–Crippen MR) is 120 cm³/mol. The Morgan fingerprint density at radius 2 is 1.65 bits per heavy atom. The zero-order chi connectivity index (χ0) is 21.8. The molecule has 0 aliphatic heterocycles. The van der Waals surface area contributed by atoms with Crippen LogP contribution in [0, 0.1) is 0 Å². The van der Waals surface area contributed by atoms with E-state index < -0.39 is 6.10 Å². The third kappa shape index (κ3) is 4.87. The number of carbonyl (C=O) groups is 1. The van der Waals surface area contributed by atoms with E-state index in [9.17, 15) is 4.79 Å². The summed E-state index contributed by atoms with van der Waals surface area (Å²) < 4.78 is 11.5. The molecule has 8 heteroatoms. The number of para-hydroxylation sites is 2. The van der Waals surface area contributed by atoms with Gasteiger partial charge in [-0.15, -0.1) is 10.2 Å². The molecule has 1 aromatic heterocycles. The van der Waals surface area contributed by atoms with E-state index in [-0.39, 0.29) is 17.7 Å². The number of nitrogens with one attached hydrogen (secondary N) is 1. The summed E-state index contributed by atoms with van der Waals surface area (Å²) in [5.74, 6) is 0.853. The lowest BCUT2D eigenvalue weighted by molar-refractivity contribution is -0.122. The zero-order valence-electron chi connectivity index (χ0n) is 16.4. The van der Waals surface area contributed by atoms with E-state index >= 15 is 0 Å². The molecular weight excluding hydrogens is 437 g/mol. The average molecular weight is 454 g/mol. The number of amides is 1. The highest BCUT2D eigenvalue weighted by atomic mass is 35.5. The molecule has 3 aromatic carbocycles. The molecule has 4 aromatic rings. The summed E-state index contributed by atoms with van der Waals surface area (Å²) in [4.78, 5) is 12.7. The van der Waals surface area contributed by atoms with E-state index in [1.165, 1.54) is 0 Å². The SMILES string of the molecule is C[C@H](Oc1ccccc1)C(=O)Nc1ccccc1-c1nnc(-c2ccc(Cl)c(Cl)c2)o1. The van der Waals surface area contributed by atoms with Gasteiger partial charge in [-0.1, -0.05) is 53.5 Å². The number of nitrogens with zero attached hydrogens (tertiary/aromatic N) is 2. The van der Waals surface area contributed by atoms with Crippen LogP contribution in [0.4, 0.5) is 5.69 Å². The van der Waals surface area contributed by atoms with Gasteiger partial charge >= 0.3 is 0 Å². The molecule has 1 atom stereocenters. The van der Waals surface area contributed by atoms with Crippen LogP contribution < -0.4 is 10.1 Å². The second-order valence-electron chi connectivity index (χ2n) is 6.65. The largest absolute Gasteiger partial charge is 0.481 e. The average Bonchev–Trinajstić information content (AvgIpc) is 3.27. The van der Waals surface area contributed by atoms with Crippen LogP contribution >= 0.6 is 23.2 Å². The smallest absolute Gasteiger partial charge is 0.265 e. The van der Waals surface area contributed by atoms with Gasteiger partial charge in [0.05, 0.1) is 21.3 Å². The second kappa shape index (κ2) is 9.20. The van der Waals surface area contributed by atoms with E-state index in [2.05, 4.69) is 15.5 Å². The minimum absolute atomic E-state index is 0.258. The first-order chi connectivity index (χ1) is 15.0. The second-order valence-corrected chi connectivity index (χ2v) is 7.46. The molecule has 0 saturated heterocycles. The molecule has 6 nitrogen and oxygen atoms in total. The first-order valence-corrected chi connectivity index (χ1v) is 10.2. The molecule has 0 aliphatic rings. The molecule has 1 N–H and O–H groups in total. The lowest BCUT2D eigenvalue weighted by atomic mass is 10.1. The summed E-state index contributed by atoms with van der Waals surface area (Å²) in [5.41, 5.74) is 1.75. The summed E-state index contributed by atoms with van der Waals surface area (Å²) in [6, 6.07) is 21.4. The molecule has 0 aliphatic carbocycles. The van der Waals surface area contributed by atoms with Crippen LogP contribution in [0.5, 0.6) is 5.75 Å². The molecule has 0 bridgehead atoms. The van der Waals surface area contributed by atoms with E-state index in [4.69, 9.17) is 32.4 Å². The van der Waals surface area contributed by atoms with Crippen LogP contribution in [0.1, 0.15) is 6.92 Å². The number of rotatable bonds is 6. The van der Waals surface area contributed by atoms with Crippen molar-refractivity contribution in [1.82, 2.24) is 10.2 Å². The third-order valence-corrected chi connectivity index (χ3v) is 5.17. The van der Waals surface area contributed by atoms with Crippen LogP contribution in [0.15, 0.2) is 77.2 Å². The molecule has 0 fully saturated rings. The third-order valence-electron chi connectivity index (χ3n) is 4.43. The van der Waals surface area contributed by atoms with Gasteiger partial charge in [0, 0.05) is 5.56 Å². The normalized spacial score (nSPS) is 11.7. The van der Waals surface area contributed by atoms with Crippen LogP contribution in [-0.4, -0.2) is 22.2 Å². The molecule has 0 unspecified atom stereocenters. The van der Waals surface area contributed by atoms with Crippen molar-refractivity contribution < 1.29 is 13.9 Å². The molecule has 0 spiro atoms. The van der Waals surface area contributed by atoms with Gasteiger partial charge in [0.2, 0.25) is 11.8 Å². The van der Waals surface area contributed by atoms with Crippen molar-refractivity contribution in [3.8, 4) is 28.7 Å². The van der Waals surface area contributed by atoms with E-state index in [0.717, 1.165) is 0 Å². The van der Waals surface area contributed by atoms with Gasteiger partial charge < -0.3 is 14.5 Å². The molecule has 4 rings (SSSR count). The van der Waals surface area contributed by atoms with Crippen molar-refractivity contribution in [2.24, 2.45) is 0 Å². The number of hydrogen-bond acceptors (Lipinski definition) is 5. The topological polar surface area (TPSA) is 77.2 Å². The van der Waals surface area contributed by atoms with Gasteiger partial charge in [0.25, 0.3) is 5.91 Å². The van der Waals surface area contributed by atoms with Crippen LogP contribution in [0.25, 0.3) is 22.9 Å². The summed E-state index contributed by atoms with van der Waals surface area (Å²) >= 11 is 12.0. The summed E-state index contributed by atoms with van der Waals surface area (Å²) in [5, 5.41) is 11.9. The first kappa shape index (κ1) is 20.9. The van der Waals surface area contributed by atoms with Gasteiger partial charge in [0.1, 0.15) is 5.75 Å². The molecule has 0 saturated carbocycles. The lowest BCUT2D eigenvalue weighted by Gasteiger charge is -2.15. The Bertz CT molecular complexity index is 1210. The molecule has 0 radical (unpaired) electrons. The quantitative estimate of drug-likeness (QED) is 0.380. The Balaban J connectivity index is 1.54. The number of benzene rings is 3. The van der Waals surface area contributed by atoms with Crippen LogP contribution in [0.3, 0.4) is 0 Å². The molecule has 31 heavy (non-hydrogen) atoms. The fourth-order valence-electron chi connectivity index (χ4n) is 2.85. The number of carbonyl (C=O) groups excluding carboxylic acids is 1. The highest BCUT2D eigenvalue weighted by Gasteiger charge is 2.19. The fourth-order valence-corrected chi connectivity index (χ4v) is 3.15. The number of ether oxygens (including phenoxy) is 1. The Hall–Kier alpha value is -3.35. The highest BCUT2D eigenvalue weighted by Crippen LogP contribution is 2.32. The molecule has 1 heterocycles. The molecule has 156 valence electrons. The Morgan fingerprint density at radius 3 is 2.42 bits per heavy atom. The van der Waals surface area contributed by atoms with E-state index in [1.54, 1.807) is 55.5 Å². The molecular formula is C23H17Cl2N3O3. The Labute approximate surface area is 188 Å². The number of aromatic nitrogens is 2. The van der Waals surface area contributed by atoms with Gasteiger partial charge in [0.15, 0.2) is 6.10 Å². The van der Waals surface area contributed by atoms with Crippen LogP contribution in [0.2, 0.25) is 10.0 Å². The number of halogens is 2. The van der Waals surface area contributed by atoms with E-state index in [1.807, 2.05) is 24.3 Å². The number of anilines is 1. The maximum absolute atomic E-state index is 12.7. The summed E-state index contributed by atoms with van der Waals surface area (Å²) in [6.45, 7) is 1.68. The van der Waals surface area contributed by atoms with Crippen molar-refractivity contribution in [3.05, 3.63) is 82.8 Å².